The van der Waals surface area contributed by atoms with Gasteiger partial charge in [0.15, 0.2) is 11.8 Å². The fourth-order valence-corrected chi connectivity index (χ4v) is 1.94. The first kappa shape index (κ1) is 9.06. The quantitative estimate of drug-likeness (QED) is 0.740. The minimum Gasteiger partial charge on any atom is -0.308 e. The number of rotatable bonds is 0. The van der Waals surface area contributed by atoms with Crippen molar-refractivity contribution in [2.75, 3.05) is 6.54 Å². The van der Waals surface area contributed by atoms with Crippen LogP contribution in [0.4, 0.5) is 4.39 Å². The standard InChI is InChI=1S/C9H8ClFN4/c10-7-1-2-8-13-9-5(11)3-12-4-6(9)15(8)14-7/h1-2,5,12H,3-4H2. The Balaban J connectivity index is 2.31. The van der Waals surface area contributed by atoms with Crippen LogP contribution in [-0.4, -0.2) is 21.1 Å². The molecule has 0 spiro atoms. The Morgan fingerprint density at radius 1 is 1.53 bits per heavy atom. The average Bonchev–Trinajstić information content (AvgIpc) is 2.58. The first-order valence-corrected chi connectivity index (χ1v) is 5.02. The highest BCUT2D eigenvalue weighted by Gasteiger charge is 2.25. The van der Waals surface area contributed by atoms with Crippen LogP contribution in [0, 0.1) is 0 Å². The van der Waals surface area contributed by atoms with E-state index in [1.54, 1.807) is 16.6 Å². The Morgan fingerprint density at radius 3 is 3.27 bits per heavy atom. The third-order valence-electron chi connectivity index (χ3n) is 2.48. The van der Waals surface area contributed by atoms with Gasteiger partial charge in [-0.1, -0.05) is 11.6 Å². The van der Waals surface area contributed by atoms with E-state index in [0.29, 0.717) is 29.6 Å². The van der Waals surface area contributed by atoms with Crippen LogP contribution in [0.1, 0.15) is 17.6 Å². The first-order valence-electron chi connectivity index (χ1n) is 4.64. The lowest BCUT2D eigenvalue weighted by molar-refractivity contribution is 0.302. The van der Waals surface area contributed by atoms with E-state index in [4.69, 9.17) is 11.6 Å². The van der Waals surface area contributed by atoms with E-state index in [1.807, 2.05) is 0 Å². The van der Waals surface area contributed by atoms with Gasteiger partial charge in [-0.05, 0) is 12.1 Å². The molecule has 1 atom stereocenters. The number of nitrogens with zero attached hydrogens (tertiary/aromatic N) is 3. The fourth-order valence-electron chi connectivity index (χ4n) is 1.80. The second-order valence-electron chi connectivity index (χ2n) is 3.47. The van der Waals surface area contributed by atoms with Crippen LogP contribution in [-0.2, 0) is 6.54 Å². The maximum Gasteiger partial charge on any atom is 0.156 e. The van der Waals surface area contributed by atoms with Crippen LogP contribution < -0.4 is 5.32 Å². The number of hydrogen-bond donors (Lipinski definition) is 1. The molecule has 2 aromatic heterocycles. The summed E-state index contributed by atoms with van der Waals surface area (Å²) in [6, 6.07) is 3.39. The van der Waals surface area contributed by atoms with Crippen LogP contribution in [0.3, 0.4) is 0 Å². The van der Waals surface area contributed by atoms with E-state index in [1.165, 1.54) is 0 Å². The third-order valence-corrected chi connectivity index (χ3v) is 2.68. The van der Waals surface area contributed by atoms with Crippen LogP contribution >= 0.6 is 11.6 Å². The molecule has 0 aliphatic carbocycles. The molecule has 3 heterocycles. The smallest absolute Gasteiger partial charge is 0.156 e. The Labute approximate surface area is 90.1 Å². The van der Waals surface area contributed by atoms with Crippen molar-refractivity contribution >= 4 is 17.2 Å². The maximum atomic E-state index is 13.5. The lowest BCUT2D eigenvalue weighted by atomic mass is 10.1. The highest BCUT2D eigenvalue weighted by Crippen LogP contribution is 2.25. The predicted octanol–water partition coefficient (Wildman–Crippen LogP) is 1.50. The zero-order valence-corrected chi connectivity index (χ0v) is 8.50. The molecule has 0 saturated carbocycles. The van der Waals surface area contributed by atoms with E-state index in [2.05, 4.69) is 15.4 Å². The minimum atomic E-state index is -1.06. The highest BCUT2D eigenvalue weighted by atomic mass is 35.5. The number of imidazole rings is 1. The van der Waals surface area contributed by atoms with Gasteiger partial charge in [-0.25, -0.2) is 13.9 Å². The molecule has 6 heteroatoms. The Hall–Kier alpha value is -1.20. The highest BCUT2D eigenvalue weighted by molar-refractivity contribution is 6.29. The molecule has 3 rings (SSSR count). The van der Waals surface area contributed by atoms with E-state index < -0.39 is 6.17 Å². The number of hydrogen-bond acceptors (Lipinski definition) is 3. The van der Waals surface area contributed by atoms with Gasteiger partial charge in [0, 0.05) is 13.1 Å². The molecule has 0 amide bonds. The molecule has 0 radical (unpaired) electrons. The second-order valence-corrected chi connectivity index (χ2v) is 3.86. The summed E-state index contributed by atoms with van der Waals surface area (Å²) in [4.78, 5) is 4.20. The summed E-state index contributed by atoms with van der Waals surface area (Å²) < 4.78 is 15.1. The topological polar surface area (TPSA) is 42.2 Å². The van der Waals surface area contributed by atoms with E-state index in [9.17, 15) is 4.39 Å². The van der Waals surface area contributed by atoms with Crippen LogP contribution in [0.25, 0.3) is 5.65 Å². The number of nitrogens with one attached hydrogen (secondary N) is 1. The second kappa shape index (κ2) is 3.15. The number of alkyl halides is 1. The van der Waals surface area contributed by atoms with Crippen molar-refractivity contribution < 1.29 is 4.39 Å². The van der Waals surface area contributed by atoms with Crippen molar-refractivity contribution in [3.05, 3.63) is 28.7 Å². The molecule has 0 fully saturated rings. The van der Waals surface area contributed by atoms with Crippen molar-refractivity contribution in [2.45, 2.75) is 12.7 Å². The Bertz CT molecular complexity index is 524. The molecular formula is C9H8ClFN4. The van der Waals surface area contributed by atoms with Gasteiger partial charge in [0.25, 0.3) is 0 Å². The molecular weight excluding hydrogens is 219 g/mol. The largest absolute Gasteiger partial charge is 0.308 e. The summed E-state index contributed by atoms with van der Waals surface area (Å²) in [7, 11) is 0. The molecule has 4 nitrogen and oxygen atoms in total. The van der Waals surface area contributed by atoms with Gasteiger partial charge in [0.05, 0.1) is 5.69 Å². The summed E-state index contributed by atoms with van der Waals surface area (Å²) in [5.41, 5.74) is 1.87. The summed E-state index contributed by atoms with van der Waals surface area (Å²) in [6.45, 7) is 0.884. The lowest BCUT2D eigenvalue weighted by Crippen LogP contribution is -2.26. The maximum absolute atomic E-state index is 13.5. The van der Waals surface area contributed by atoms with Crippen molar-refractivity contribution in [1.82, 2.24) is 19.9 Å². The zero-order valence-electron chi connectivity index (χ0n) is 7.74. The van der Waals surface area contributed by atoms with E-state index in [0.717, 1.165) is 5.69 Å². The van der Waals surface area contributed by atoms with Crippen LogP contribution in [0.15, 0.2) is 12.1 Å². The molecule has 78 valence electrons. The zero-order chi connectivity index (χ0) is 10.4. The Kier molecular flexibility index (Phi) is 1.90. The summed E-state index contributed by atoms with van der Waals surface area (Å²) in [6.07, 6.45) is -1.06. The summed E-state index contributed by atoms with van der Waals surface area (Å²) in [5, 5.41) is 7.44. The molecule has 15 heavy (non-hydrogen) atoms. The van der Waals surface area contributed by atoms with Crippen LogP contribution in [0.5, 0.6) is 0 Å². The third kappa shape index (κ3) is 1.31. The first-order chi connectivity index (χ1) is 7.25. The van der Waals surface area contributed by atoms with Gasteiger partial charge in [-0.15, -0.1) is 0 Å². The fraction of sp³-hybridized carbons (Fsp3) is 0.333. The number of aromatic nitrogens is 3. The van der Waals surface area contributed by atoms with E-state index >= 15 is 0 Å². The number of fused-ring (bicyclic) bond motifs is 3. The predicted molar refractivity (Wildman–Crippen MR) is 53.6 cm³/mol. The molecule has 0 saturated heterocycles. The molecule has 1 aliphatic heterocycles. The minimum absolute atomic E-state index is 0.310. The lowest BCUT2D eigenvalue weighted by Gasteiger charge is -2.15. The molecule has 1 aliphatic rings. The normalized spacial score (nSPS) is 20.5. The SMILES string of the molecule is FC1CNCc2c1nc1ccc(Cl)nn21. The van der Waals surface area contributed by atoms with Gasteiger partial charge in [0.2, 0.25) is 0 Å². The van der Waals surface area contributed by atoms with Gasteiger partial charge in [-0.3, -0.25) is 0 Å². The Morgan fingerprint density at radius 2 is 2.40 bits per heavy atom. The van der Waals surface area contributed by atoms with Gasteiger partial charge < -0.3 is 5.32 Å². The average molecular weight is 227 g/mol. The van der Waals surface area contributed by atoms with E-state index in [-0.39, 0.29) is 0 Å². The van der Waals surface area contributed by atoms with Gasteiger partial charge in [-0.2, -0.15) is 5.10 Å². The molecule has 1 unspecified atom stereocenters. The number of halogens is 2. The monoisotopic (exact) mass is 226 g/mol. The van der Waals surface area contributed by atoms with Gasteiger partial charge in [0.1, 0.15) is 10.8 Å². The van der Waals surface area contributed by atoms with Gasteiger partial charge >= 0.3 is 0 Å². The molecule has 1 N–H and O–H groups in total. The van der Waals surface area contributed by atoms with Crippen molar-refractivity contribution in [3.63, 3.8) is 0 Å². The molecule has 0 aromatic carbocycles. The summed E-state index contributed by atoms with van der Waals surface area (Å²) in [5.74, 6) is 0. The summed E-state index contributed by atoms with van der Waals surface area (Å²) >= 11 is 5.78. The van der Waals surface area contributed by atoms with Crippen LogP contribution in [0.2, 0.25) is 5.15 Å². The van der Waals surface area contributed by atoms with Crippen molar-refractivity contribution in [3.8, 4) is 0 Å². The van der Waals surface area contributed by atoms with Crippen molar-refractivity contribution in [1.29, 1.82) is 0 Å². The molecule has 2 aromatic rings. The van der Waals surface area contributed by atoms with Crippen molar-refractivity contribution in [2.24, 2.45) is 0 Å². The molecule has 0 bridgehead atoms.